The second-order valence-corrected chi connectivity index (χ2v) is 2.53. The summed E-state index contributed by atoms with van der Waals surface area (Å²) >= 11 is 10.5. The van der Waals surface area contributed by atoms with Crippen LogP contribution in [-0.4, -0.2) is 11.1 Å². The zero-order valence-electron chi connectivity index (χ0n) is 6.63. The molecule has 0 saturated heterocycles. The Balaban J connectivity index is 0. The fourth-order valence-electron chi connectivity index (χ4n) is 0.169. The number of halogens is 2. The molecule has 0 aliphatic heterocycles. The molecule has 0 radical (unpaired) electrons. The monoisotopic (exact) mass is 208 g/mol. The molecular formula is C8H10Cl2O2. The van der Waals surface area contributed by atoms with E-state index in [0.29, 0.717) is 0 Å². The maximum absolute atomic E-state index is 9.25. The second-order valence-electron chi connectivity index (χ2n) is 1.52. The van der Waals surface area contributed by atoms with Crippen LogP contribution in [0.2, 0.25) is 0 Å². The van der Waals surface area contributed by atoms with Gasteiger partial charge in [0.2, 0.25) is 0 Å². The van der Waals surface area contributed by atoms with Crippen LogP contribution in [0.1, 0.15) is 6.92 Å². The summed E-state index contributed by atoms with van der Waals surface area (Å²) in [4.78, 5) is 9.25. The first-order valence-electron chi connectivity index (χ1n) is 3.04. The molecule has 0 unspecified atom stereocenters. The number of carboxylic acids is 1. The lowest BCUT2D eigenvalue weighted by Crippen LogP contribution is -1.82. The van der Waals surface area contributed by atoms with E-state index in [-0.39, 0.29) is 4.49 Å². The Morgan fingerprint density at radius 2 is 1.92 bits per heavy atom. The molecule has 0 rings (SSSR count). The first kappa shape index (κ1) is 13.8. The number of carbonyl (C=O) groups is 1. The molecule has 2 nitrogen and oxygen atoms in total. The van der Waals surface area contributed by atoms with Crippen molar-refractivity contribution in [3.63, 3.8) is 0 Å². The highest BCUT2D eigenvalue weighted by Gasteiger charge is 1.73. The molecular weight excluding hydrogens is 199 g/mol. The van der Waals surface area contributed by atoms with Crippen LogP contribution < -0.4 is 0 Å². The summed E-state index contributed by atoms with van der Waals surface area (Å²) in [6, 6.07) is 0. The third-order valence-corrected chi connectivity index (χ3v) is 0.841. The Hall–Kier alpha value is -0.730. The van der Waals surface area contributed by atoms with Gasteiger partial charge in [-0.05, 0) is 13.0 Å². The predicted molar refractivity (Wildman–Crippen MR) is 52.4 cm³/mol. The van der Waals surface area contributed by atoms with Gasteiger partial charge in [0.05, 0.1) is 0 Å². The molecule has 12 heavy (non-hydrogen) atoms. The van der Waals surface area contributed by atoms with Gasteiger partial charge in [0, 0.05) is 6.08 Å². The fourth-order valence-corrected chi connectivity index (χ4v) is 0.314. The summed E-state index contributed by atoms with van der Waals surface area (Å²) in [5, 5.41) is 7.60. The van der Waals surface area contributed by atoms with Crippen molar-refractivity contribution in [1.29, 1.82) is 0 Å². The van der Waals surface area contributed by atoms with Crippen molar-refractivity contribution in [3.05, 3.63) is 35.4 Å². The van der Waals surface area contributed by atoms with Gasteiger partial charge in [-0.25, -0.2) is 4.79 Å². The van der Waals surface area contributed by atoms with Gasteiger partial charge in [-0.1, -0.05) is 41.9 Å². The van der Waals surface area contributed by atoms with E-state index in [2.05, 4.69) is 6.58 Å². The maximum atomic E-state index is 9.25. The van der Waals surface area contributed by atoms with Crippen LogP contribution in [0.4, 0.5) is 0 Å². The Kier molecular flexibility index (Phi) is 11.8. The molecule has 0 spiro atoms. The largest absolute Gasteiger partial charge is 0.478 e. The summed E-state index contributed by atoms with van der Waals surface area (Å²) in [6.45, 7) is 4.86. The van der Waals surface area contributed by atoms with Gasteiger partial charge in [0.1, 0.15) is 4.49 Å². The predicted octanol–water partition coefficient (Wildman–Crippen LogP) is 3.14. The van der Waals surface area contributed by atoms with Crippen LogP contribution in [0, 0.1) is 0 Å². The van der Waals surface area contributed by atoms with Crippen LogP contribution in [0.5, 0.6) is 0 Å². The fraction of sp³-hybridized carbons (Fsp3) is 0.125. The smallest absolute Gasteiger partial charge is 0.327 e. The highest BCUT2D eigenvalue weighted by Crippen LogP contribution is 2.04. The summed E-state index contributed by atoms with van der Waals surface area (Å²) in [6.07, 6.45) is 6.07. The molecule has 0 bridgehead atoms. The molecule has 0 fully saturated rings. The number of rotatable bonds is 2. The van der Waals surface area contributed by atoms with Gasteiger partial charge in [0.15, 0.2) is 0 Å². The molecule has 0 aromatic heterocycles. The van der Waals surface area contributed by atoms with Crippen LogP contribution in [0.3, 0.4) is 0 Å². The van der Waals surface area contributed by atoms with Crippen molar-refractivity contribution < 1.29 is 9.90 Å². The third kappa shape index (κ3) is 22.8. The maximum Gasteiger partial charge on any atom is 0.327 e. The standard InChI is InChI=1S/C5H6Cl2.C3H4O2/c1-2-3-4-5(6)7;1-2-3(4)5/h2-4H,1H3;2H,1H2,(H,4,5). The van der Waals surface area contributed by atoms with Gasteiger partial charge in [0.25, 0.3) is 0 Å². The first-order valence-corrected chi connectivity index (χ1v) is 3.79. The summed E-state index contributed by atoms with van der Waals surface area (Å²) in [7, 11) is 0. The first-order chi connectivity index (χ1) is 5.54. The Labute approximate surface area is 81.8 Å². The molecule has 0 atom stereocenters. The van der Waals surface area contributed by atoms with E-state index < -0.39 is 5.97 Å². The molecule has 4 heteroatoms. The van der Waals surface area contributed by atoms with E-state index in [4.69, 9.17) is 28.3 Å². The molecule has 1 N–H and O–H groups in total. The third-order valence-electron chi connectivity index (χ3n) is 0.589. The number of aliphatic carboxylic acids is 1. The molecule has 0 aromatic rings. The number of allylic oxidation sites excluding steroid dienone is 3. The van der Waals surface area contributed by atoms with Crippen LogP contribution in [-0.2, 0) is 4.79 Å². The highest BCUT2D eigenvalue weighted by molar-refractivity contribution is 6.55. The van der Waals surface area contributed by atoms with Crippen molar-refractivity contribution >= 4 is 29.2 Å². The lowest BCUT2D eigenvalue weighted by Gasteiger charge is -1.71. The average molecular weight is 209 g/mol. The van der Waals surface area contributed by atoms with Gasteiger partial charge >= 0.3 is 5.97 Å². The molecule has 68 valence electrons. The molecule has 0 heterocycles. The lowest BCUT2D eigenvalue weighted by molar-refractivity contribution is -0.131. The topological polar surface area (TPSA) is 37.3 Å². The second kappa shape index (κ2) is 10.3. The summed E-state index contributed by atoms with van der Waals surface area (Å²) in [5.74, 6) is -0.981. The van der Waals surface area contributed by atoms with E-state index in [9.17, 15) is 4.79 Å². The number of hydrogen-bond donors (Lipinski definition) is 1. The van der Waals surface area contributed by atoms with Gasteiger partial charge in [-0.3, -0.25) is 0 Å². The number of carboxylic acid groups (broad SMARTS) is 1. The van der Waals surface area contributed by atoms with Crippen molar-refractivity contribution in [2.45, 2.75) is 6.92 Å². The van der Waals surface area contributed by atoms with Gasteiger partial charge in [-0.15, -0.1) is 0 Å². The van der Waals surface area contributed by atoms with Gasteiger partial charge < -0.3 is 5.11 Å². The van der Waals surface area contributed by atoms with Crippen LogP contribution in [0.15, 0.2) is 35.4 Å². The quantitative estimate of drug-likeness (QED) is 0.560. The molecule has 0 aromatic carbocycles. The minimum absolute atomic E-state index is 0.290. The van der Waals surface area contributed by atoms with E-state index in [1.165, 1.54) is 0 Å². The lowest BCUT2D eigenvalue weighted by atomic mass is 10.5. The summed E-state index contributed by atoms with van der Waals surface area (Å²) < 4.78 is 0.290. The molecule has 0 amide bonds. The normalized spacial score (nSPS) is 8.25. The van der Waals surface area contributed by atoms with Crippen molar-refractivity contribution in [3.8, 4) is 0 Å². The van der Waals surface area contributed by atoms with Crippen molar-refractivity contribution in [2.75, 3.05) is 0 Å². The Morgan fingerprint density at radius 1 is 1.50 bits per heavy atom. The zero-order chi connectivity index (χ0) is 9.98. The zero-order valence-corrected chi connectivity index (χ0v) is 8.14. The Morgan fingerprint density at radius 3 is 2.00 bits per heavy atom. The van der Waals surface area contributed by atoms with E-state index in [1.807, 2.05) is 13.0 Å². The molecule has 0 aliphatic rings. The van der Waals surface area contributed by atoms with Crippen molar-refractivity contribution in [2.24, 2.45) is 0 Å². The minimum atomic E-state index is -0.981. The summed E-state index contributed by atoms with van der Waals surface area (Å²) in [5.41, 5.74) is 0. The van der Waals surface area contributed by atoms with Gasteiger partial charge in [-0.2, -0.15) is 0 Å². The van der Waals surface area contributed by atoms with E-state index in [1.54, 1.807) is 12.2 Å². The van der Waals surface area contributed by atoms with Crippen molar-refractivity contribution in [1.82, 2.24) is 0 Å². The van der Waals surface area contributed by atoms with Crippen LogP contribution >= 0.6 is 23.2 Å². The number of hydrogen-bond acceptors (Lipinski definition) is 1. The van der Waals surface area contributed by atoms with E-state index >= 15 is 0 Å². The van der Waals surface area contributed by atoms with E-state index in [0.717, 1.165) is 6.08 Å². The molecule has 0 aliphatic carbocycles. The Bertz CT molecular complexity index is 191. The molecule has 0 saturated carbocycles. The SMILES string of the molecule is C=CC(=O)O.CC=CC=C(Cl)Cl. The highest BCUT2D eigenvalue weighted by atomic mass is 35.5. The van der Waals surface area contributed by atoms with Crippen LogP contribution in [0.25, 0.3) is 0 Å². The minimum Gasteiger partial charge on any atom is -0.478 e. The average Bonchev–Trinajstić information content (AvgIpc) is 2.02.